The average molecular weight is 558 g/mol. The minimum absolute atomic E-state index is 0.0419. The minimum Gasteiger partial charge on any atom is -0.488 e. The van der Waals surface area contributed by atoms with Crippen molar-refractivity contribution in [2.45, 2.75) is 45.1 Å². The van der Waals surface area contributed by atoms with E-state index in [1.165, 1.54) is 12.1 Å². The van der Waals surface area contributed by atoms with Gasteiger partial charge in [-0.05, 0) is 49.9 Å². The summed E-state index contributed by atoms with van der Waals surface area (Å²) in [5.74, 6) is 0.0528. The number of nitrogens with one attached hydrogen (secondary N) is 1. The third-order valence-electron chi connectivity index (χ3n) is 6.45. The molecular formula is C26H34F3N3O5S. The second-order valence-corrected chi connectivity index (χ2v) is 11.7. The third kappa shape index (κ3) is 8.08. The van der Waals surface area contributed by atoms with Crippen LogP contribution in [0.1, 0.15) is 30.5 Å². The summed E-state index contributed by atoms with van der Waals surface area (Å²) >= 11 is 0. The molecule has 210 valence electrons. The SMILES string of the molecule is C[C@H]1CN([C@@H](C)CO)C(=O)Cc2cc(NS(C)(=O)=O)ccc2O[C@H]1CN(C)Cc1ccc(C(F)(F)F)cc1. The van der Waals surface area contributed by atoms with Gasteiger partial charge in [-0.15, -0.1) is 0 Å². The maximum Gasteiger partial charge on any atom is 0.416 e. The lowest BCUT2D eigenvalue weighted by atomic mass is 10.0. The molecule has 0 fully saturated rings. The Morgan fingerprint density at radius 1 is 1.21 bits per heavy atom. The minimum atomic E-state index is -4.40. The summed E-state index contributed by atoms with van der Waals surface area (Å²) < 4.78 is 70.9. The van der Waals surface area contributed by atoms with E-state index in [0.717, 1.165) is 18.4 Å². The molecule has 0 spiro atoms. The van der Waals surface area contributed by atoms with E-state index in [4.69, 9.17) is 4.74 Å². The van der Waals surface area contributed by atoms with Gasteiger partial charge in [0.05, 0.1) is 30.9 Å². The van der Waals surface area contributed by atoms with Crippen LogP contribution in [0.15, 0.2) is 42.5 Å². The highest BCUT2D eigenvalue weighted by atomic mass is 32.2. The molecule has 1 aliphatic rings. The Morgan fingerprint density at radius 2 is 1.87 bits per heavy atom. The first kappa shape index (κ1) is 29.7. The van der Waals surface area contributed by atoms with Gasteiger partial charge in [0, 0.05) is 36.8 Å². The number of anilines is 1. The fourth-order valence-electron chi connectivity index (χ4n) is 4.41. The summed E-state index contributed by atoms with van der Waals surface area (Å²) in [6.45, 7) is 4.57. The average Bonchev–Trinajstić information content (AvgIpc) is 2.85. The van der Waals surface area contributed by atoms with Crippen molar-refractivity contribution in [1.82, 2.24) is 9.80 Å². The van der Waals surface area contributed by atoms with Crippen LogP contribution in [0.3, 0.4) is 0 Å². The number of halogens is 3. The molecule has 0 saturated heterocycles. The number of rotatable bonds is 8. The molecule has 3 atom stereocenters. The van der Waals surface area contributed by atoms with Gasteiger partial charge in [-0.3, -0.25) is 14.4 Å². The molecule has 8 nitrogen and oxygen atoms in total. The monoisotopic (exact) mass is 557 g/mol. The predicted molar refractivity (Wildman–Crippen MR) is 138 cm³/mol. The third-order valence-corrected chi connectivity index (χ3v) is 7.05. The fraction of sp³-hybridized carbons (Fsp3) is 0.500. The highest BCUT2D eigenvalue weighted by Gasteiger charge is 2.32. The van der Waals surface area contributed by atoms with Crippen LogP contribution in [-0.4, -0.2) is 74.4 Å². The number of carbonyl (C=O) groups is 1. The first-order valence-corrected chi connectivity index (χ1v) is 14.1. The largest absolute Gasteiger partial charge is 0.488 e. The molecule has 0 bridgehead atoms. The molecule has 1 amide bonds. The summed E-state index contributed by atoms with van der Waals surface area (Å²) in [7, 11) is -1.70. The van der Waals surface area contributed by atoms with Crippen molar-refractivity contribution in [2.75, 3.05) is 37.7 Å². The molecule has 12 heteroatoms. The fourth-order valence-corrected chi connectivity index (χ4v) is 4.96. The number of carbonyl (C=O) groups excluding carboxylic acids is 1. The van der Waals surface area contributed by atoms with Gasteiger partial charge in [0.25, 0.3) is 0 Å². The number of hydrogen-bond acceptors (Lipinski definition) is 6. The van der Waals surface area contributed by atoms with E-state index in [0.29, 0.717) is 42.2 Å². The Kier molecular flexibility index (Phi) is 9.32. The van der Waals surface area contributed by atoms with Crippen molar-refractivity contribution in [1.29, 1.82) is 0 Å². The van der Waals surface area contributed by atoms with Crippen LogP contribution in [-0.2, 0) is 34.0 Å². The number of ether oxygens (including phenoxy) is 1. The van der Waals surface area contributed by atoms with Crippen molar-refractivity contribution in [3.8, 4) is 5.75 Å². The summed E-state index contributed by atoms with van der Waals surface area (Å²) in [5, 5.41) is 9.76. The normalized spacial score (nSPS) is 19.7. The predicted octanol–water partition coefficient (Wildman–Crippen LogP) is 3.36. The molecule has 0 saturated carbocycles. The lowest BCUT2D eigenvalue weighted by molar-refractivity contribution is -0.137. The van der Waals surface area contributed by atoms with Crippen LogP contribution in [0.25, 0.3) is 0 Å². The quantitative estimate of drug-likeness (QED) is 0.517. The number of aliphatic hydroxyl groups is 1. The van der Waals surface area contributed by atoms with Gasteiger partial charge in [-0.25, -0.2) is 8.42 Å². The number of nitrogens with zero attached hydrogens (tertiary/aromatic N) is 2. The van der Waals surface area contributed by atoms with Crippen molar-refractivity contribution in [2.24, 2.45) is 5.92 Å². The number of amides is 1. The van der Waals surface area contributed by atoms with Crippen molar-refractivity contribution in [3.05, 3.63) is 59.2 Å². The Hall–Kier alpha value is -2.83. The zero-order valence-electron chi connectivity index (χ0n) is 21.8. The first-order chi connectivity index (χ1) is 17.7. The maximum atomic E-state index is 13.2. The Bertz CT molecular complexity index is 1220. The molecule has 3 rings (SSSR count). The Labute approximate surface area is 221 Å². The summed E-state index contributed by atoms with van der Waals surface area (Å²) in [6.07, 6.45) is -3.82. The molecule has 2 aromatic carbocycles. The van der Waals surface area contributed by atoms with Gasteiger partial charge in [0.2, 0.25) is 15.9 Å². The van der Waals surface area contributed by atoms with E-state index in [9.17, 15) is 31.5 Å². The zero-order valence-corrected chi connectivity index (χ0v) is 22.6. The molecular weight excluding hydrogens is 523 g/mol. The Balaban J connectivity index is 1.87. The van der Waals surface area contributed by atoms with Crippen LogP contribution >= 0.6 is 0 Å². The molecule has 0 aromatic heterocycles. The first-order valence-electron chi connectivity index (χ1n) is 12.2. The highest BCUT2D eigenvalue weighted by molar-refractivity contribution is 7.92. The standard InChI is InChI=1S/C26H34F3N3O5S/c1-17-13-32(18(2)16-33)25(34)12-20-11-22(30-38(4,35)36)9-10-23(20)37-24(17)15-31(3)14-19-5-7-21(8-6-19)26(27,28)29/h5-11,17-18,24,30,33H,12-16H2,1-4H3/t17-,18-,24-/m0/s1. The summed E-state index contributed by atoms with van der Waals surface area (Å²) in [5.41, 5.74) is 0.802. The Morgan fingerprint density at radius 3 is 2.45 bits per heavy atom. The highest BCUT2D eigenvalue weighted by Crippen LogP contribution is 2.31. The van der Waals surface area contributed by atoms with E-state index < -0.39 is 33.9 Å². The van der Waals surface area contributed by atoms with Crippen molar-refractivity contribution >= 4 is 21.6 Å². The van der Waals surface area contributed by atoms with Crippen molar-refractivity contribution in [3.63, 3.8) is 0 Å². The zero-order chi connectivity index (χ0) is 28.3. The molecule has 1 heterocycles. The lowest BCUT2D eigenvalue weighted by Gasteiger charge is -2.34. The number of likely N-dealkylation sites (N-methyl/N-ethyl adjacent to an activating group) is 1. The molecule has 2 aromatic rings. The second-order valence-electron chi connectivity index (χ2n) is 9.98. The van der Waals surface area contributed by atoms with Crippen LogP contribution in [0.5, 0.6) is 5.75 Å². The second kappa shape index (κ2) is 11.9. The van der Waals surface area contributed by atoms with E-state index in [2.05, 4.69) is 4.72 Å². The van der Waals surface area contributed by atoms with Gasteiger partial charge < -0.3 is 14.7 Å². The number of benzene rings is 2. The number of aliphatic hydroxyl groups excluding tert-OH is 1. The van der Waals surface area contributed by atoms with Gasteiger partial charge in [0.15, 0.2) is 0 Å². The molecule has 1 aliphatic heterocycles. The van der Waals surface area contributed by atoms with Crippen LogP contribution in [0, 0.1) is 5.92 Å². The van der Waals surface area contributed by atoms with Gasteiger partial charge in [-0.2, -0.15) is 13.2 Å². The van der Waals surface area contributed by atoms with Crippen LogP contribution in [0.2, 0.25) is 0 Å². The number of hydrogen-bond donors (Lipinski definition) is 2. The van der Waals surface area contributed by atoms with E-state index in [-0.39, 0.29) is 24.9 Å². The van der Waals surface area contributed by atoms with Crippen molar-refractivity contribution < 1.29 is 36.2 Å². The van der Waals surface area contributed by atoms with Gasteiger partial charge in [-0.1, -0.05) is 19.1 Å². The number of alkyl halides is 3. The van der Waals surface area contributed by atoms with E-state index >= 15 is 0 Å². The van der Waals surface area contributed by atoms with E-state index in [1.54, 1.807) is 30.0 Å². The van der Waals surface area contributed by atoms with Gasteiger partial charge >= 0.3 is 6.18 Å². The topological polar surface area (TPSA) is 99.2 Å². The lowest BCUT2D eigenvalue weighted by Crippen LogP contribution is -2.47. The molecule has 2 N–H and O–H groups in total. The van der Waals surface area contributed by atoms with Crippen LogP contribution < -0.4 is 9.46 Å². The smallest absolute Gasteiger partial charge is 0.416 e. The summed E-state index contributed by atoms with van der Waals surface area (Å²) in [6, 6.07) is 9.31. The molecule has 0 unspecified atom stereocenters. The molecule has 0 aliphatic carbocycles. The van der Waals surface area contributed by atoms with E-state index in [1.807, 2.05) is 18.9 Å². The number of fused-ring (bicyclic) bond motifs is 1. The van der Waals surface area contributed by atoms with Crippen LogP contribution in [0.4, 0.5) is 18.9 Å². The summed E-state index contributed by atoms with van der Waals surface area (Å²) in [4.78, 5) is 16.8. The number of sulfonamides is 1. The van der Waals surface area contributed by atoms with Gasteiger partial charge in [0.1, 0.15) is 11.9 Å². The molecule has 38 heavy (non-hydrogen) atoms. The maximum absolute atomic E-state index is 13.2. The molecule has 0 radical (unpaired) electrons.